The Morgan fingerprint density at radius 3 is 2.16 bits per heavy atom. The minimum absolute atomic E-state index is 0.0310. The molecule has 7 nitrogen and oxygen atoms in total. The summed E-state index contributed by atoms with van der Waals surface area (Å²) in [6.45, 7) is 4.65. The summed E-state index contributed by atoms with van der Waals surface area (Å²) in [6.07, 6.45) is -3.79. The van der Waals surface area contributed by atoms with Crippen LogP contribution in [0.1, 0.15) is 31.9 Å². The standard InChI is InChI=1S/C23H28F2N2O5/c1-22(2,3)32-21(31)27-18(13-15-9-11-17(28)12-10-15)19(29)23(24,25)20(30)26-14-16-7-5-4-6-8-16/h4-12,18-19,28-29H,13-14H2,1-3H3,(H,26,30)(H,27,31)/t18?,19-/m0/s1. The Kier molecular flexibility index (Phi) is 8.15. The molecule has 32 heavy (non-hydrogen) atoms. The zero-order chi connectivity index (χ0) is 23.9. The van der Waals surface area contributed by atoms with E-state index in [1.165, 1.54) is 24.3 Å². The van der Waals surface area contributed by atoms with Crippen molar-refractivity contribution in [2.75, 3.05) is 0 Å². The number of ether oxygens (including phenoxy) is 1. The molecule has 0 spiro atoms. The first kappa shape index (κ1) is 25.1. The summed E-state index contributed by atoms with van der Waals surface area (Å²) < 4.78 is 34.8. The molecule has 9 heteroatoms. The van der Waals surface area contributed by atoms with Crippen molar-refractivity contribution in [3.63, 3.8) is 0 Å². The third kappa shape index (κ3) is 7.49. The van der Waals surface area contributed by atoms with E-state index in [1.807, 2.05) is 0 Å². The number of hydrogen-bond donors (Lipinski definition) is 4. The maximum atomic E-state index is 14.8. The van der Waals surface area contributed by atoms with E-state index in [9.17, 15) is 28.6 Å². The number of alkyl halides is 2. The molecule has 4 N–H and O–H groups in total. The number of carbonyl (C=O) groups is 2. The number of hydrogen-bond acceptors (Lipinski definition) is 5. The molecule has 0 saturated carbocycles. The van der Waals surface area contributed by atoms with Gasteiger partial charge in [-0.05, 0) is 50.5 Å². The van der Waals surface area contributed by atoms with Crippen LogP contribution < -0.4 is 10.6 Å². The molecule has 0 aliphatic rings. The second-order valence-corrected chi connectivity index (χ2v) is 8.36. The quantitative estimate of drug-likeness (QED) is 0.494. The summed E-state index contributed by atoms with van der Waals surface area (Å²) >= 11 is 0. The van der Waals surface area contributed by atoms with Crippen molar-refractivity contribution in [3.05, 3.63) is 65.7 Å². The molecule has 2 amide bonds. The van der Waals surface area contributed by atoms with E-state index in [0.717, 1.165) is 0 Å². The SMILES string of the molecule is CC(C)(C)OC(=O)NC(Cc1ccc(O)cc1)[C@H](O)C(F)(F)C(=O)NCc1ccccc1. The number of alkyl carbamates (subject to hydrolysis) is 1. The van der Waals surface area contributed by atoms with Gasteiger partial charge in [-0.2, -0.15) is 8.78 Å². The fourth-order valence-electron chi connectivity index (χ4n) is 2.87. The Morgan fingerprint density at radius 1 is 1.00 bits per heavy atom. The number of aliphatic hydroxyl groups is 1. The monoisotopic (exact) mass is 450 g/mol. The largest absolute Gasteiger partial charge is 0.508 e. The minimum Gasteiger partial charge on any atom is -0.508 e. The smallest absolute Gasteiger partial charge is 0.407 e. The molecule has 2 aromatic rings. The Bertz CT molecular complexity index is 899. The van der Waals surface area contributed by atoms with Crippen LogP contribution in [0, 0.1) is 0 Å². The topological polar surface area (TPSA) is 108 Å². The van der Waals surface area contributed by atoms with Crippen LogP contribution in [0.2, 0.25) is 0 Å². The Morgan fingerprint density at radius 2 is 1.59 bits per heavy atom. The van der Waals surface area contributed by atoms with Gasteiger partial charge in [-0.25, -0.2) is 4.79 Å². The van der Waals surface area contributed by atoms with Gasteiger partial charge < -0.3 is 25.6 Å². The molecule has 2 aromatic carbocycles. The van der Waals surface area contributed by atoms with E-state index in [0.29, 0.717) is 11.1 Å². The van der Waals surface area contributed by atoms with Gasteiger partial charge in [-0.1, -0.05) is 42.5 Å². The van der Waals surface area contributed by atoms with Crippen molar-refractivity contribution in [2.45, 2.75) is 57.4 Å². The molecule has 0 aromatic heterocycles. The van der Waals surface area contributed by atoms with Gasteiger partial charge >= 0.3 is 12.0 Å². The van der Waals surface area contributed by atoms with Gasteiger partial charge in [0.2, 0.25) is 0 Å². The highest BCUT2D eigenvalue weighted by Crippen LogP contribution is 2.25. The average molecular weight is 450 g/mol. The normalized spacial score (nSPS) is 13.7. The number of carbonyl (C=O) groups excluding carboxylic acids is 2. The van der Waals surface area contributed by atoms with Crippen LogP contribution >= 0.6 is 0 Å². The van der Waals surface area contributed by atoms with E-state index >= 15 is 0 Å². The summed E-state index contributed by atoms with van der Waals surface area (Å²) in [5.74, 6) is -5.90. The van der Waals surface area contributed by atoms with E-state index in [2.05, 4.69) is 10.6 Å². The van der Waals surface area contributed by atoms with Crippen molar-refractivity contribution in [1.82, 2.24) is 10.6 Å². The zero-order valence-corrected chi connectivity index (χ0v) is 18.1. The molecule has 2 rings (SSSR count). The molecule has 174 valence electrons. The summed E-state index contributed by atoms with van der Waals surface area (Å²) in [4.78, 5) is 24.4. The molecular formula is C23H28F2N2O5. The Labute approximate surface area is 185 Å². The highest BCUT2D eigenvalue weighted by molar-refractivity contribution is 5.84. The molecule has 0 aliphatic carbocycles. The molecular weight excluding hydrogens is 422 g/mol. The summed E-state index contributed by atoms with van der Waals surface area (Å²) in [5, 5.41) is 24.2. The van der Waals surface area contributed by atoms with Crippen LogP contribution in [-0.4, -0.2) is 45.9 Å². The third-order valence-corrected chi connectivity index (χ3v) is 4.45. The zero-order valence-electron chi connectivity index (χ0n) is 18.1. The van der Waals surface area contributed by atoms with Gasteiger partial charge in [0.25, 0.3) is 5.91 Å². The van der Waals surface area contributed by atoms with Crippen molar-refractivity contribution in [1.29, 1.82) is 0 Å². The molecule has 0 bridgehead atoms. The minimum atomic E-state index is -4.20. The van der Waals surface area contributed by atoms with Gasteiger partial charge in [0.1, 0.15) is 17.5 Å². The van der Waals surface area contributed by atoms with Crippen molar-refractivity contribution >= 4 is 12.0 Å². The van der Waals surface area contributed by atoms with Crippen LogP contribution in [0.5, 0.6) is 5.75 Å². The number of aromatic hydroxyl groups is 1. The van der Waals surface area contributed by atoms with Crippen molar-refractivity contribution < 1.29 is 33.3 Å². The summed E-state index contributed by atoms with van der Waals surface area (Å²) in [6, 6.07) is 12.5. The fourth-order valence-corrected chi connectivity index (χ4v) is 2.87. The van der Waals surface area contributed by atoms with E-state index in [4.69, 9.17) is 4.74 Å². The first-order valence-corrected chi connectivity index (χ1v) is 10.0. The average Bonchev–Trinajstić information content (AvgIpc) is 2.71. The summed E-state index contributed by atoms with van der Waals surface area (Å²) in [7, 11) is 0. The predicted octanol–water partition coefficient (Wildman–Crippen LogP) is 3.14. The highest BCUT2D eigenvalue weighted by Gasteiger charge is 2.50. The lowest BCUT2D eigenvalue weighted by Crippen LogP contribution is -2.58. The summed E-state index contributed by atoms with van der Waals surface area (Å²) in [5.41, 5.74) is 0.162. The van der Waals surface area contributed by atoms with Crippen LogP contribution in [0.3, 0.4) is 0 Å². The number of nitrogens with one attached hydrogen (secondary N) is 2. The number of phenolic OH excluding ortho intramolecular Hbond substituents is 1. The van der Waals surface area contributed by atoms with Crippen LogP contribution in [0.25, 0.3) is 0 Å². The van der Waals surface area contributed by atoms with Gasteiger partial charge in [0.15, 0.2) is 0 Å². The second-order valence-electron chi connectivity index (χ2n) is 8.36. The number of aliphatic hydroxyl groups excluding tert-OH is 1. The van der Waals surface area contributed by atoms with Crippen LogP contribution in [0.4, 0.5) is 13.6 Å². The number of benzene rings is 2. The van der Waals surface area contributed by atoms with Crippen LogP contribution in [-0.2, 0) is 22.5 Å². The first-order chi connectivity index (χ1) is 14.9. The van der Waals surface area contributed by atoms with Gasteiger partial charge in [-0.3, -0.25) is 4.79 Å². The molecule has 0 aliphatic heterocycles. The fraction of sp³-hybridized carbons (Fsp3) is 0.391. The Balaban J connectivity index is 2.17. The van der Waals surface area contributed by atoms with Crippen molar-refractivity contribution in [2.24, 2.45) is 0 Å². The Hall–Kier alpha value is -3.20. The van der Waals surface area contributed by atoms with Crippen molar-refractivity contribution in [3.8, 4) is 5.75 Å². The molecule has 0 radical (unpaired) electrons. The number of rotatable bonds is 8. The number of halogens is 2. The third-order valence-electron chi connectivity index (χ3n) is 4.45. The molecule has 1 unspecified atom stereocenters. The molecule has 2 atom stereocenters. The lowest BCUT2D eigenvalue weighted by atomic mass is 9.96. The van der Waals surface area contributed by atoms with E-state index in [1.54, 1.807) is 51.1 Å². The van der Waals surface area contributed by atoms with E-state index < -0.39 is 35.7 Å². The molecule has 0 heterocycles. The molecule has 0 saturated heterocycles. The lowest BCUT2D eigenvalue weighted by Gasteiger charge is -2.30. The second kappa shape index (κ2) is 10.4. The predicted molar refractivity (Wildman–Crippen MR) is 114 cm³/mol. The van der Waals surface area contributed by atoms with Crippen LogP contribution in [0.15, 0.2) is 54.6 Å². The van der Waals surface area contributed by atoms with Gasteiger partial charge in [-0.15, -0.1) is 0 Å². The number of phenols is 1. The maximum absolute atomic E-state index is 14.8. The number of amides is 2. The van der Waals surface area contributed by atoms with E-state index in [-0.39, 0.29) is 18.7 Å². The maximum Gasteiger partial charge on any atom is 0.407 e. The molecule has 0 fully saturated rings. The van der Waals surface area contributed by atoms with Gasteiger partial charge in [0, 0.05) is 6.54 Å². The lowest BCUT2D eigenvalue weighted by molar-refractivity contribution is -0.167. The highest BCUT2D eigenvalue weighted by atomic mass is 19.3. The van der Waals surface area contributed by atoms with Gasteiger partial charge in [0.05, 0.1) is 6.04 Å². The first-order valence-electron chi connectivity index (χ1n) is 10.0.